The molecule has 8 heteroatoms. The highest BCUT2D eigenvalue weighted by atomic mass is 16.6. The number of amides is 2. The van der Waals surface area contributed by atoms with Gasteiger partial charge < -0.3 is 15.4 Å². The van der Waals surface area contributed by atoms with Crippen LogP contribution in [0.1, 0.15) is 48.5 Å². The summed E-state index contributed by atoms with van der Waals surface area (Å²) in [6, 6.07) is 4.12. The maximum absolute atomic E-state index is 12.2. The Morgan fingerprint density at radius 3 is 2.52 bits per heavy atom. The van der Waals surface area contributed by atoms with Gasteiger partial charge in [0, 0.05) is 24.2 Å². The molecule has 1 saturated carbocycles. The zero-order valence-electron chi connectivity index (χ0n) is 14.4. The minimum atomic E-state index is -0.479. The maximum atomic E-state index is 12.2. The minimum Gasteiger partial charge on any atom is -0.459 e. The van der Waals surface area contributed by atoms with Gasteiger partial charge in [0.05, 0.1) is 10.5 Å². The molecular weight excluding hydrogens is 326 g/mol. The van der Waals surface area contributed by atoms with E-state index in [1.807, 2.05) is 6.92 Å². The first-order valence-electron chi connectivity index (χ1n) is 8.41. The van der Waals surface area contributed by atoms with E-state index >= 15 is 0 Å². The molecule has 25 heavy (non-hydrogen) atoms. The Morgan fingerprint density at radius 1 is 1.28 bits per heavy atom. The zero-order valence-corrected chi connectivity index (χ0v) is 14.4. The van der Waals surface area contributed by atoms with Crippen LogP contribution in [-0.4, -0.2) is 35.6 Å². The predicted molar refractivity (Wildman–Crippen MR) is 91.5 cm³/mol. The fraction of sp³-hybridized carbons (Fsp3) is 0.529. The van der Waals surface area contributed by atoms with Crippen LogP contribution in [-0.2, 0) is 4.74 Å². The number of nitrogens with one attached hydrogen (secondary N) is 2. The molecule has 0 heterocycles. The molecule has 0 aromatic heterocycles. The molecule has 1 aromatic rings. The molecule has 2 rings (SSSR count). The predicted octanol–water partition coefficient (Wildman–Crippen LogP) is 2.69. The van der Waals surface area contributed by atoms with Crippen molar-refractivity contribution in [2.45, 2.75) is 51.7 Å². The first-order chi connectivity index (χ1) is 11.9. The normalized spacial score (nSPS) is 19.8. The fourth-order valence-electron chi connectivity index (χ4n) is 2.93. The summed E-state index contributed by atoms with van der Waals surface area (Å²) in [6.07, 6.45) is 2.64. The highest BCUT2D eigenvalue weighted by molar-refractivity contribution is 5.90. The molecule has 136 valence electrons. The lowest BCUT2D eigenvalue weighted by atomic mass is 9.93. The molecule has 0 bridgehead atoms. The highest BCUT2D eigenvalue weighted by Gasteiger charge is 2.25. The van der Waals surface area contributed by atoms with Gasteiger partial charge in [-0.25, -0.2) is 9.59 Å². The lowest BCUT2D eigenvalue weighted by Gasteiger charge is -2.28. The monoisotopic (exact) mass is 349 g/mol. The Labute approximate surface area is 146 Å². The summed E-state index contributed by atoms with van der Waals surface area (Å²) >= 11 is 0. The van der Waals surface area contributed by atoms with Crippen molar-refractivity contribution in [3.05, 3.63) is 39.4 Å². The summed E-state index contributed by atoms with van der Waals surface area (Å²) in [5, 5.41) is 16.4. The Kier molecular flexibility index (Phi) is 6.32. The average Bonchev–Trinajstić information content (AvgIpc) is 2.56. The van der Waals surface area contributed by atoms with Crippen molar-refractivity contribution in [2.24, 2.45) is 0 Å². The quantitative estimate of drug-likeness (QED) is 0.482. The maximum Gasteiger partial charge on any atom is 0.338 e. The Balaban J connectivity index is 1.85. The molecule has 1 aliphatic carbocycles. The van der Waals surface area contributed by atoms with Crippen molar-refractivity contribution in [1.82, 2.24) is 10.6 Å². The van der Waals surface area contributed by atoms with E-state index in [4.69, 9.17) is 4.74 Å². The molecular formula is C17H23N3O5. The molecule has 8 nitrogen and oxygen atoms in total. The number of nitro benzene ring substituents is 1. The highest BCUT2D eigenvalue weighted by Crippen LogP contribution is 2.24. The van der Waals surface area contributed by atoms with Crippen molar-refractivity contribution in [2.75, 3.05) is 6.54 Å². The fourth-order valence-corrected chi connectivity index (χ4v) is 2.93. The van der Waals surface area contributed by atoms with Gasteiger partial charge in [0.1, 0.15) is 6.10 Å². The summed E-state index contributed by atoms with van der Waals surface area (Å²) in [6.45, 7) is 4.02. The number of ether oxygens (including phenoxy) is 1. The topological polar surface area (TPSA) is 111 Å². The lowest BCUT2D eigenvalue weighted by Crippen LogP contribution is -2.44. The molecule has 0 aliphatic heterocycles. The number of rotatable bonds is 5. The molecule has 1 aliphatic rings. The second kappa shape index (κ2) is 8.46. The van der Waals surface area contributed by atoms with Crippen LogP contribution >= 0.6 is 0 Å². The van der Waals surface area contributed by atoms with Gasteiger partial charge in [-0.05, 0) is 51.7 Å². The number of urea groups is 1. The number of hydrogen-bond donors (Lipinski definition) is 2. The van der Waals surface area contributed by atoms with Crippen molar-refractivity contribution < 1.29 is 19.2 Å². The van der Waals surface area contributed by atoms with Crippen LogP contribution < -0.4 is 10.6 Å². The summed E-state index contributed by atoms with van der Waals surface area (Å²) in [7, 11) is 0. The molecule has 2 N–H and O–H groups in total. The number of carbonyl (C=O) groups is 2. The van der Waals surface area contributed by atoms with Crippen LogP contribution in [0.25, 0.3) is 0 Å². The third-order valence-corrected chi connectivity index (χ3v) is 4.25. The van der Waals surface area contributed by atoms with Crippen LogP contribution in [0.2, 0.25) is 0 Å². The van der Waals surface area contributed by atoms with Gasteiger partial charge in [0.2, 0.25) is 0 Å². The lowest BCUT2D eigenvalue weighted by molar-refractivity contribution is -0.385. The van der Waals surface area contributed by atoms with Crippen LogP contribution in [0.4, 0.5) is 10.5 Å². The van der Waals surface area contributed by atoms with Crippen LogP contribution in [0.15, 0.2) is 18.2 Å². The molecule has 0 unspecified atom stereocenters. The number of nitrogens with zero attached hydrogens (tertiary/aromatic N) is 1. The standard InChI is InChI=1S/C17H23N3O5/c1-3-18-17(22)19-13-5-7-14(8-6-13)25-16(21)12-4-9-15(20(23)24)11(2)10-12/h4,9-10,13-14H,3,5-8H2,1-2H3,(H2,18,19,22). The number of nitro groups is 1. The van der Waals surface area contributed by atoms with Crippen molar-refractivity contribution in [3.8, 4) is 0 Å². The van der Waals surface area contributed by atoms with Crippen LogP contribution in [0, 0.1) is 17.0 Å². The second-order valence-electron chi connectivity index (χ2n) is 6.14. The van der Waals surface area contributed by atoms with Gasteiger partial charge in [0.25, 0.3) is 5.69 Å². The molecule has 0 spiro atoms. The van der Waals surface area contributed by atoms with E-state index in [9.17, 15) is 19.7 Å². The molecule has 1 fully saturated rings. The Morgan fingerprint density at radius 2 is 1.96 bits per heavy atom. The Bertz CT molecular complexity index is 654. The van der Waals surface area contributed by atoms with Gasteiger partial charge in [0.15, 0.2) is 0 Å². The van der Waals surface area contributed by atoms with E-state index in [2.05, 4.69) is 10.6 Å². The summed E-state index contributed by atoms with van der Waals surface area (Å²) in [4.78, 5) is 34.1. The van der Waals surface area contributed by atoms with Gasteiger partial charge in [-0.15, -0.1) is 0 Å². The average molecular weight is 349 g/mol. The van der Waals surface area contributed by atoms with E-state index in [0.717, 1.165) is 12.8 Å². The van der Waals surface area contributed by atoms with E-state index in [1.165, 1.54) is 18.2 Å². The Hall–Kier alpha value is -2.64. The molecule has 0 radical (unpaired) electrons. The van der Waals surface area contributed by atoms with E-state index in [1.54, 1.807) is 6.92 Å². The number of aryl methyl sites for hydroxylation is 1. The number of hydrogen-bond acceptors (Lipinski definition) is 5. The first-order valence-corrected chi connectivity index (χ1v) is 8.41. The van der Waals surface area contributed by atoms with Crippen molar-refractivity contribution in [3.63, 3.8) is 0 Å². The van der Waals surface area contributed by atoms with E-state index in [0.29, 0.717) is 30.5 Å². The molecule has 0 saturated heterocycles. The third kappa shape index (κ3) is 5.17. The van der Waals surface area contributed by atoms with E-state index in [-0.39, 0.29) is 23.9 Å². The summed E-state index contributed by atoms with van der Waals surface area (Å²) < 4.78 is 5.50. The van der Waals surface area contributed by atoms with Gasteiger partial charge in [-0.1, -0.05) is 0 Å². The summed E-state index contributed by atoms with van der Waals surface area (Å²) in [5.74, 6) is -0.474. The van der Waals surface area contributed by atoms with Gasteiger partial charge in [-0.2, -0.15) is 0 Å². The zero-order chi connectivity index (χ0) is 18.4. The van der Waals surface area contributed by atoms with Gasteiger partial charge >= 0.3 is 12.0 Å². The van der Waals surface area contributed by atoms with E-state index < -0.39 is 10.9 Å². The number of esters is 1. The largest absolute Gasteiger partial charge is 0.459 e. The SMILES string of the molecule is CCNC(=O)NC1CCC(OC(=O)c2ccc([N+](=O)[O-])c(C)c2)CC1. The van der Waals surface area contributed by atoms with Crippen LogP contribution in [0.3, 0.4) is 0 Å². The number of carbonyl (C=O) groups excluding carboxylic acids is 2. The summed E-state index contributed by atoms with van der Waals surface area (Å²) in [5.41, 5.74) is 0.716. The van der Waals surface area contributed by atoms with Crippen molar-refractivity contribution in [1.29, 1.82) is 0 Å². The number of benzene rings is 1. The molecule has 0 atom stereocenters. The first kappa shape index (κ1) is 18.7. The third-order valence-electron chi connectivity index (χ3n) is 4.25. The second-order valence-corrected chi connectivity index (χ2v) is 6.14. The minimum absolute atomic E-state index is 0.0199. The van der Waals surface area contributed by atoms with Crippen molar-refractivity contribution >= 4 is 17.7 Å². The van der Waals surface area contributed by atoms with Crippen LogP contribution in [0.5, 0.6) is 0 Å². The molecule has 2 amide bonds. The molecule has 1 aromatic carbocycles. The smallest absolute Gasteiger partial charge is 0.338 e. The van der Waals surface area contributed by atoms with Gasteiger partial charge in [-0.3, -0.25) is 10.1 Å².